The number of benzene rings is 1. The molecule has 0 bridgehead atoms. The molecule has 0 spiro atoms. The molecule has 1 heterocycles. The summed E-state index contributed by atoms with van der Waals surface area (Å²) < 4.78 is 0. The van der Waals surface area contributed by atoms with Crippen molar-refractivity contribution in [2.75, 3.05) is 5.32 Å². The summed E-state index contributed by atoms with van der Waals surface area (Å²) in [4.78, 5) is 11.6. The summed E-state index contributed by atoms with van der Waals surface area (Å²) in [6.45, 7) is 5.59. The number of rotatable bonds is 0. The van der Waals surface area contributed by atoms with Crippen molar-refractivity contribution >= 4 is 11.6 Å². The molecule has 3 heteroatoms. The van der Waals surface area contributed by atoms with Gasteiger partial charge < -0.3 is 10.4 Å². The third-order valence-electron chi connectivity index (χ3n) is 2.83. The number of nitrogens with one attached hydrogen (secondary N) is 1. The first-order chi connectivity index (χ1) is 6.43. The van der Waals surface area contributed by atoms with Gasteiger partial charge in [0.15, 0.2) is 0 Å². The molecule has 1 aliphatic heterocycles. The molecule has 0 atom stereocenters. The fraction of sp³-hybridized carbons (Fsp3) is 0.364. The summed E-state index contributed by atoms with van der Waals surface area (Å²) in [5.41, 5.74) is 1.99. The van der Waals surface area contributed by atoms with Crippen LogP contribution in [0.1, 0.15) is 25.0 Å². The van der Waals surface area contributed by atoms with E-state index in [1.807, 2.05) is 26.8 Å². The number of anilines is 1. The number of carbonyl (C=O) groups is 1. The fourth-order valence-electron chi connectivity index (χ4n) is 1.72. The van der Waals surface area contributed by atoms with Crippen LogP contribution in [-0.4, -0.2) is 11.0 Å². The van der Waals surface area contributed by atoms with Crippen molar-refractivity contribution in [1.29, 1.82) is 0 Å². The molecule has 1 aromatic rings. The standard InChI is InChI=1S/C11H13NO2/c1-6-4-7-8(5-9(6)13)12-10(14)11(7,2)3/h4-5,13H,1-3H3,(H,12,14). The van der Waals surface area contributed by atoms with Crippen LogP contribution >= 0.6 is 0 Å². The average molecular weight is 191 g/mol. The van der Waals surface area contributed by atoms with Crippen molar-refractivity contribution in [3.63, 3.8) is 0 Å². The van der Waals surface area contributed by atoms with Crippen molar-refractivity contribution in [3.8, 4) is 5.75 Å². The number of fused-ring (bicyclic) bond motifs is 1. The van der Waals surface area contributed by atoms with Crippen LogP contribution in [0.2, 0.25) is 0 Å². The zero-order valence-electron chi connectivity index (χ0n) is 8.51. The minimum Gasteiger partial charge on any atom is -0.508 e. The predicted molar refractivity (Wildman–Crippen MR) is 54.5 cm³/mol. The molecule has 0 aromatic heterocycles. The predicted octanol–water partition coefficient (Wildman–Crippen LogP) is 1.93. The van der Waals surface area contributed by atoms with Gasteiger partial charge in [0, 0.05) is 11.8 Å². The van der Waals surface area contributed by atoms with Gasteiger partial charge in [0.2, 0.25) is 5.91 Å². The van der Waals surface area contributed by atoms with Crippen LogP contribution in [-0.2, 0) is 10.2 Å². The second kappa shape index (κ2) is 2.50. The van der Waals surface area contributed by atoms with Gasteiger partial charge in [0.1, 0.15) is 5.75 Å². The molecule has 1 aromatic carbocycles. The van der Waals surface area contributed by atoms with E-state index in [2.05, 4.69) is 5.32 Å². The quantitative estimate of drug-likeness (QED) is 0.658. The lowest BCUT2D eigenvalue weighted by molar-refractivity contribution is -0.119. The van der Waals surface area contributed by atoms with Gasteiger partial charge in [-0.25, -0.2) is 0 Å². The van der Waals surface area contributed by atoms with E-state index in [4.69, 9.17) is 0 Å². The van der Waals surface area contributed by atoms with Crippen molar-refractivity contribution in [2.24, 2.45) is 0 Å². The van der Waals surface area contributed by atoms with Crippen molar-refractivity contribution in [2.45, 2.75) is 26.2 Å². The maximum Gasteiger partial charge on any atom is 0.234 e. The van der Waals surface area contributed by atoms with Crippen molar-refractivity contribution in [3.05, 3.63) is 23.3 Å². The lowest BCUT2D eigenvalue weighted by atomic mass is 9.85. The summed E-state index contributed by atoms with van der Waals surface area (Å²) in [5, 5.41) is 12.2. The highest BCUT2D eigenvalue weighted by atomic mass is 16.3. The molecule has 0 radical (unpaired) electrons. The highest BCUT2D eigenvalue weighted by molar-refractivity contribution is 6.05. The summed E-state index contributed by atoms with van der Waals surface area (Å²) in [6, 6.07) is 3.47. The first-order valence-electron chi connectivity index (χ1n) is 4.58. The number of phenolic OH excluding ortho intramolecular Hbond substituents is 1. The number of hydrogen-bond acceptors (Lipinski definition) is 2. The molecule has 1 aliphatic rings. The number of phenols is 1. The van der Waals surface area contributed by atoms with Crippen LogP contribution in [0.15, 0.2) is 12.1 Å². The molecular formula is C11H13NO2. The maximum atomic E-state index is 11.6. The van der Waals surface area contributed by atoms with E-state index < -0.39 is 5.41 Å². The van der Waals surface area contributed by atoms with Gasteiger partial charge >= 0.3 is 0 Å². The smallest absolute Gasteiger partial charge is 0.234 e. The van der Waals surface area contributed by atoms with Gasteiger partial charge in [-0.15, -0.1) is 0 Å². The Kier molecular flexibility index (Phi) is 1.62. The molecule has 74 valence electrons. The Morgan fingerprint density at radius 2 is 2.00 bits per heavy atom. The van der Waals surface area contributed by atoms with Crippen molar-refractivity contribution < 1.29 is 9.90 Å². The van der Waals surface area contributed by atoms with Gasteiger partial charge in [-0.1, -0.05) is 0 Å². The zero-order valence-corrected chi connectivity index (χ0v) is 8.51. The molecule has 1 amide bonds. The molecule has 0 fully saturated rings. The van der Waals surface area contributed by atoms with Crippen LogP contribution < -0.4 is 5.32 Å². The van der Waals surface area contributed by atoms with Gasteiger partial charge in [0.05, 0.1) is 5.41 Å². The van der Waals surface area contributed by atoms with E-state index in [0.29, 0.717) is 0 Å². The minimum absolute atomic E-state index is 0.0162. The summed E-state index contributed by atoms with van der Waals surface area (Å²) in [7, 11) is 0. The Morgan fingerprint density at radius 3 is 2.64 bits per heavy atom. The number of aryl methyl sites for hydroxylation is 1. The first kappa shape index (κ1) is 9.06. The van der Waals surface area contributed by atoms with E-state index >= 15 is 0 Å². The third kappa shape index (κ3) is 1.02. The molecule has 3 nitrogen and oxygen atoms in total. The molecule has 2 N–H and O–H groups in total. The van der Waals surface area contributed by atoms with Gasteiger partial charge in [0.25, 0.3) is 0 Å². The van der Waals surface area contributed by atoms with Crippen LogP contribution in [0.5, 0.6) is 5.75 Å². The fourth-order valence-corrected chi connectivity index (χ4v) is 1.72. The Morgan fingerprint density at radius 1 is 1.36 bits per heavy atom. The topological polar surface area (TPSA) is 49.3 Å². The largest absolute Gasteiger partial charge is 0.508 e. The van der Waals surface area contributed by atoms with Gasteiger partial charge in [-0.05, 0) is 38.0 Å². The highest BCUT2D eigenvalue weighted by Gasteiger charge is 2.38. The molecule has 0 saturated heterocycles. The second-order valence-corrected chi connectivity index (χ2v) is 4.26. The van der Waals surface area contributed by atoms with E-state index in [0.717, 1.165) is 16.8 Å². The summed E-state index contributed by atoms with van der Waals surface area (Å²) in [6.07, 6.45) is 0. The van der Waals surface area contributed by atoms with Gasteiger partial charge in [-0.2, -0.15) is 0 Å². The zero-order chi connectivity index (χ0) is 10.5. The monoisotopic (exact) mass is 191 g/mol. The Bertz CT molecular complexity index is 422. The third-order valence-corrected chi connectivity index (χ3v) is 2.83. The molecule has 0 unspecified atom stereocenters. The van der Waals surface area contributed by atoms with Crippen molar-refractivity contribution in [1.82, 2.24) is 0 Å². The molecule has 0 aliphatic carbocycles. The second-order valence-electron chi connectivity index (χ2n) is 4.26. The van der Waals surface area contributed by atoms with Crippen LogP contribution in [0, 0.1) is 6.92 Å². The Balaban J connectivity index is 2.67. The first-order valence-corrected chi connectivity index (χ1v) is 4.58. The van der Waals surface area contributed by atoms with Crippen LogP contribution in [0.4, 0.5) is 5.69 Å². The molecule has 2 rings (SSSR count). The number of aromatic hydroxyl groups is 1. The number of hydrogen-bond donors (Lipinski definition) is 2. The van der Waals surface area contributed by atoms with E-state index in [1.165, 1.54) is 0 Å². The Labute approximate surface area is 82.8 Å². The summed E-state index contributed by atoms with van der Waals surface area (Å²) >= 11 is 0. The lowest BCUT2D eigenvalue weighted by Gasteiger charge is -2.15. The Hall–Kier alpha value is -1.51. The number of carbonyl (C=O) groups excluding carboxylic acids is 1. The normalized spacial score (nSPS) is 17.8. The van der Waals surface area contributed by atoms with Gasteiger partial charge in [-0.3, -0.25) is 4.79 Å². The maximum absolute atomic E-state index is 11.6. The highest BCUT2D eigenvalue weighted by Crippen LogP contribution is 2.40. The SMILES string of the molecule is Cc1cc2c(cc1O)NC(=O)C2(C)C. The van der Waals surface area contributed by atoms with E-state index in [-0.39, 0.29) is 11.7 Å². The average Bonchev–Trinajstić information content (AvgIpc) is 2.28. The van der Waals surface area contributed by atoms with Crippen LogP contribution in [0.25, 0.3) is 0 Å². The summed E-state index contributed by atoms with van der Waals surface area (Å²) in [5.74, 6) is 0.208. The van der Waals surface area contributed by atoms with E-state index in [9.17, 15) is 9.90 Å². The van der Waals surface area contributed by atoms with Crippen LogP contribution in [0.3, 0.4) is 0 Å². The molecule has 0 saturated carbocycles. The van der Waals surface area contributed by atoms with E-state index in [1.54, 1.807) is 6.07 Å². The minimum atomic E-state index is -0.492. The lowest BCUT2D eigenvalue weighted by Crippen LogP contribution is -2.26. The molecular weight excluding hydrogens is 178 g/mol. The molecule has 14 heavy (non-hydrogen) atoms. The number of amides is 1.